The van der Waals surface area contributed by atoms with Gasteiger partial charge in [0.05, 0.1) is 17.6 Å². The fourth-order valence-corrected chi connectivity index (χ4v) is 2.63. The number of rotatable bonds is 3. The lowest BCUT2D eigenvalue weighted by molar-refractivity contribution is -0.117. The summed E-state index contributed by atoms with van der Waals surface area (Å²) >= 11 is 0. The van der Waals surface area contributed by atoms with Crippen LogP contribution in [0.1, 0.15) is 19.3 Å². The van der Waals surface area contributed by atoms with E-state index in [1.807, 2.05) is 0 Å². The maximum Gasteiger partial charge on any atom is 0.323 e. The minimum Gasteiger partial charge on any atom is -0.325 e. The highest BCUT2D eigenvalue weighted by atomic mass is 16.2. The Morgan fingerprint density at radius 1 is 1.15 bits per heavy atom. The second-order valence-corrected chi connectivity index (χ2v) is 5.22. The van der Waals surface area contributed by atoms with E-state index < -0.39 is 0 Å². The number of carbonyl (C=O) groups excluding carboxylic acids is 1. The molecule has 1 aromatic carbocycles. The zero-order chi connectivity index (χ0) is 13.9. The van der Waals surface area contributed by atoms with Gasteiger partial charge in [0.15, 0.2) is 0 Å². The van der Waals surface area contributed by atoms with Crippen molar-refractivity contribution >= 4 is 22.6 Å². The van der Waals surface area contributed by atoms with Crippen LogP contribution < -0.4 is 11.0 Å². The first-order valence-corrected chi connectivity index (χ1v) is 6.95. The summed E-state index contributed by atoms with van der Waals surface area (Å²) in [5, 5.41) is 2.87. The summed E-state index contributed by atoms with van der Waals surface area (Å²) in [5.41, 5.74) is 1.90. The number of aromatic nitrogens is 2. The summed E-state index contributed by atoms with van der Waals surface area (Å²) in [6.45, 7) is 2.43. The molecule has 0 aliphatic carbocycles. The fraction of sp³-hybridized carbons (Fsp3) is 0.429. The number of H-pyrrole nitrogens is 2. The summed E-state index contributed by atoms with van der Waals surface area (Å²) < 4.78 is 0. The minimum atomic E-state index is -0.239. The molecule has 2 aromatic rings. The molecule has 6 nitrogen and oxygen atoms in total. The van der Waals surface area contributed by atoms with E-state index in [1.54, 1.807) is 18.2 Å². The highest BCUT2D eigenvalue weighted by Crippen LogP contribution is 2.15. The maximum atomic E-state index is 12.0. The van der Waals surface area contributed by atoms with Gasteiger partial charge in [-0.3, -0.25) is 9.69 Å². The van der Waals surface area contributed by atoms with Crippen molar-refractivity contribution in [2.24, 2.45) is 0 Å². The molecule has 106 valence electrons. The van der Waals surface area contributed by atoms with Gasteiger partial charge < -0.3 is 15.3 Å². The van der Waals surface area contributed by atoms with Crippen molar-refractivity contribution in [3.8, 4) is 0 Å². The Kier molecular flexibility index (Phi) is 3.56. The molecule has 1 aliphatic heterocycles. The lowest BCUT2D eigenvalue weighted by atomic mass is 10.1. The molecule has 1 fully saturated rings. The molecule has 6 heteroatoms. The molecule has 1 saturated heterocycles. The molecule has 0 unspecified atom stereocenters. The number of anilines is 1. The van der Waals surface area contributed by atoms with Crippen LogP contribution in [0.15, 0.2) is 23.0 Å². The number of nitrogens with one attached hydrogen (secondary N) is 3. The predicted octanol–water partition coefficient (Wildman–Crippen LogP) is 1.28. The monoisotopic (exact) mass is 274 g/mol. The van der Waals surface area contributed by atoms with Gasteiger partial charge in [-0.2, -0.15) is 0 Å². The highest BCUT2D eigenvalue weighted by Gasteiger charge is 2.14. The third kappa shape index (κ3) is 2.91. The van der Waals surface area contributed by atoms with E-state index >= 15 is 0 Å². The van der Waals surface area contributed by atoms with Gasteiger partial charge in [-0.1, -0.05) is 6.42 Å². The van der Waals surface area contributed by atoms with E-state index in [0.717, 1.165) is 18.6 Å². The quantitative estimate of drug-likeness (QED) is 0.788. The Morgan fingerprint density at radius 3 is 2.70 bits per heavy atom. The van der Waals surface area contributed by atoms with E-state index in [9.17, 15) is 9.59 Å². The maximum absolute atomic E-state index is 12.0. The number of aromatic amines is 2. The number of likely N-dealkylation sites (tertiary alicyclic amines) is 1. The van der Waals surface area contributed by atoms with Crippen LogP contribution in [0.2, 0.25) is 0 Å². The topological polar surface area (TPSA) is 81.0 Å². The number of fused-ring (bicyclic) bond motifs is 1. The number of hydrogen-bond donors (Lipinski definition) is 3. The molecule has 1 aliphatic rings. The fourth-order valence-electron chi connectivity index (χ4n) is 2.63. The van der Waals surface area contributed by atoms with Crippen LogP contribution in [0.4, 0.5) is 5.69 Å². The summed E-state index contributed by atoms with van der Waals surface area (Å²) in [5.74, 6) is -0.0101. The van der Waals surface area contributed by atoms with Gasteiger partial charge in [0.25, 0.3) is 0 Å². The van der Waals surface area contributed by atoms with Crippen LogP contribution in [-0.2, 0) is 4.79 Å². The third-order valence-electron chi connectivity index (χ3n) is 3.62. The molecule has 1 amide bonds. The number of hydrogen-bond acceptors (Lipinski definition) is 3. The van der Waals surface area contributed by atoms with Gasteiger partial charge in [-0.15, -0.1) is 0 Å². The standard InChI is InChI=1S/C14H18N4O2/c19-13(9-18-6-2-1-3-7-18)15-10-4-5-11-12(8-10)17-14(20)16-11/h4-5,8H,1-3,6-7,9H2,(H,15,19)(H2,16,17,20). The normalized spacial score (nSPS) is 16.4. The second-order valence-electron chi connectivity index (χ2n) is 5.22. The first-order valence-electron chi connectivity index (χ1n) is 6.95. The zero-order valence-electron chi connectivity index (χ0n) is 11.2. The molecule has 0 atom stereocenters. The van der Waals surface area contributed by atoms with Crippen LogP contribution in [0.5, 0.6) is 0 Å². The Bertz CT molecular complexity index is 667. The number of imidazole rings is 1. The van der Waals surface area contributed by atoms with Crippen molar-refractivity contribution in [2.45, 2.75) is 19.3 Å². The summed E-state index contributed by atoms with van der Waals surface area (Å²) in [4.78, 5) is 30.7. The van der Waals surface area contributed by atoms with Crippen LogP contribution >= 0.6 is 0 Å². The highest BCUT2D eigenvalue weighted by molar-refractivity contribution is 5.94. The molecule has 0 bridgehead atoms. The lowest BCUT2D eigenvalue weighted by Gasteiger charge is -2.25. The van der Waals surface area contributed by atoms with Gasteiger partial charge in [0.1, 0.15) is 0 Å². The Labute approximate surface area is 116 Å². The van der Waals surface area contributed by atoms with Crippen molar-refractivity contribution in [1.82, 2.24) is 14.9 Å². The molecule has 3 N–H and O–H groups in total. The van der Waals surface area contributed by atoms with Crippen molar-refractivity contribution < 1.29 is 4.79 Å². The number of benzene rings is 1. The molecule has 0 radical (unpaired) electrons. The van der Waals surface area contributed by atoms with Gasteiger partial charge in [0.2, 0.25) is 5.91 Å². The van der Waals surface area contributed by atoms with E-state index in [4.69, 9.17) is 0 Å². The van der Waals surface area contributed by atoms with E-state index in [-0.39, 0.29) is 11.6 Å². The average molecular weight is 274 g/mol. The number of carbonyl (C=O) groups is 1. The lowest BCUT2D eigenvalue weighted by Crippen LogP contribution is -2.36. The molecule has 3 rings (SSSR count). The summed E-state index contributed by atoms with van der Waals surface area (Å²) in [7, 11) is 0. The molecule has 20 heavy (non-hydrogen) atoms. The molecular weight excluding hydrogens is 256 g/mol. The summed E-state index contributed by atoms with van der Waals surface area (Å²) in [6.07, 6.45) is 3.60. The Morgan fingerprint density at radius 2 is 1.90 bits per heavy atom. The SMILES string of the molecule is O=C(CN1CCCCC1)Nc1ccc2[nH]c(=O)[nH]c2c1. The predicted molar refractivity (Wildman–Crippen MR) is 77.8 cm³/mol. The zero-order valence-corrected chi connectivity index (χ0v) is 11.2. The van der Waals surface area contributed by atoms with Gasteiger partial charge in [-0.05, 0) is 44.1 Å². The van der Waals surface area contributed by atoms with Crippen LogP contribution in [0.3, 0.4) is 0 Å². The van der Waals surface area contributed by atoms with Crippen molar-refractivity contribution in [3.05, 3.63) is 28.7 Å². The van der Waals surface area contributed by atoms with E-state index in [1.165, 1.54) is 19.3 Å². The molecule has 0 saturated carbocycles. The molecule has 2 heterocycles. The van der Waals surface area contributed by atoms with E-state index in [0.29, 0.717) is 17.7 Å². The first kappa shape index (κ1) is 12.9. The van der Waals surface area contributed by atoms with Crippen molar-refractivity contribution in [2.75, 3.05) is 25.0 Å². The van der Waals surface area contributed by atoms with Crippen LogP contribution in [-0.4, -0.2) is 40.4 Å². The number of nitrogens with zero attached hydrogens (tertiary/aromatic N) is 1. The first-order chi connectivity index (χ1) is 9.70. The number of piperidine rings is 1. The van der Waals surface area contributed by atoms with Gasteiger partial charge >= 0.3 is 5.69 Å². The van der Waals surface area contributed by atoms with E-state index in [2.05, 4.69) is 20.2 Å². The van der Waals surface area contributed by atoms with Crippen molar-refractivity contribution in [1.29, 1.82) is 0 Å². The van der Waals surface area contributed by atoms with Crippen molar-refractivity contribution in [3.63, 3.8) is 0 Å². The van der Waals surface area contributed by atoms with Gasteiger partial charge in [0, 0.05) is 5.69 Å². The third-order valence-corrected chi connectivity index (χ3v) is 3.62. The Balaban J connectivity index is 1.65. The minimum absolute atomic E-state index is 0.0101. The largest absolute Gasteiger partial charge is 0.325 e. The smallest absolute Gasteiger partial charge is 0.323 e. The average Bonchev–Trinajstić information content (AvgIpc) is 2.79. The Hall–Kier alpha value is -2.08. The van der Waals surface area contributed by atoms with Crippen LogP contribution in [0.25, 0.3) is 11.0 Å². The van der Waals surface area contributed by atoms with Gasteiger partial charge in [-0.25, -0.2) is 4.79 Å². The molecule has 0 spiro atoms. The molecule has 1 aromatic heterocycles. The second kappa shape index (κ2) is 5.50. The molecular formula is C14H18N4O2. The number of amides is 1. The van der Waals surface area contributed by atoms with Crippen LogP contribution in [0, 0.1) is 0 Å². The summed E-state index contributed by atoms with van der Waals surface area (Å²) in [6, 6.07) is 5.34.